The van der Waals surface area contributed by atoms with E-state index in [4.69, 9.17) is 5.73 Å². The molecule has 2 heterocycles. The van der Waals surface area contributed by atoms with E-state index in [1.54, 1.807) is 36.3 Å². The summed E-state index contributed by atoms with van der Waals surface area (Å²) >= 11 is 0. The van der Waals surface area contributed by atoms with E-state index in [0.717, 1.165) is 10.9 Å². The summed E-state index contributed by atoms with van der Waals surface area (Å²) < 4.78 is 1.62. The molecule has 2 aromatic heterocycles. The number of nitrogens with one attached hydrogen (secondary N) is 2. The number of aromatic amines is 1. The molecule has 0 spiro atoms. The highest BCUT2D eigenvalue weighted by Crippen LogP contribution is 2.21. The molecule has 0 aliphatic rings. The molecule has 4 N–H and O–H groups in total. The van der Waals surface area contributed by atoms with E-state index in [9.17, 15) is 4.79 Å². The molecular weight excluding hydrogens is 242 g/mol. The Hall–Kier alpha value is -2.76. The molecule has 0 atom stereocenters. The number of para-hydroxylation sites is 1. The van der Waals surface area contributed by atoms with Gasteiger partial charge in [0.1, 0.15) is 5.69 Å². The second-order valence-electron chi connectivity index (χ2n) is 4.35. The van der Waals surface area contributed by atoms with Crippen molar-refractivity contribution in [1.29, 1.82) is 0 Å². The van der Waals surface area contributed by atoms with Crippen LogP contribution in [0.2, 0.25) is 0 Å². The van der Waals surface area contributed by atoms with Crippen LogP contribution in [-0.4, -0.2) is 20.7 Å². The van der Waals surface area contributed by atoms with Crippen molar-refractivity contribution in [2.45, 2.75) is 0 Å². The second-order valence-corrected chi connectivity index (χ2v) is 4.35. The minimum absolute atomic E-state index is 0.219. The number of H-pyrrole nitrogens is 1. The van der Waals surface area contributed by atoms with Gasteiger partial charge in [0, 0.05) is 18.6 Å². The number of aromatic nitrogens is 3. The topological polar surface area (TPSA) is 88.7 Å². The fourth-order valence-corrected chi connectivity index (χ4v) is 1.99. The Morgan fingerprint density at radius 3 is 3.00 bits per heavy atom. The van der Waals surface area contributed by atoms with Crippen molar-refractivity contribution in [2.24, 2.45) is 7.05 Å². The van der Waals surface area contributed by atoms with E-state index in [1.165, 1.54) is 0 Å². The highest BCUT2D eigenvalue weighted by molar-refractivity contribution is 6.07. The Morgan fingerprint density at radius 1 is 1.47 bits per heavy atom. The number of aryl methyl sites for hydroxylation is 1. The molecule has 6 nitrogen and oxygen atoms in total. The first-order valence-corrected chi connectivity index (χ1v) is 5.81. The van der Waals surface area contributed by atoms with Crippen molar-refractivity contribution in [2.75, 3.05) is 11.1 Å². The Morgan fingerprint density at radius 2 is 2.32 bits per heavy atom. The fraction of sp³-hybridized carbons (Fsp3) is 0.0769. The average molecular weight is 255 g/mol. The molecule has 0 saturated heterocycles. The lowest BCUT2D eigenvalue weighted by Crippen LogP contribution is -2.11. The van der Waals surface area contributed by atoms with Crippen molar-refractivity contribution < 1.29 is 4.79 Å². The smallest absolute Gasteiger partial charge is 0.272 e. The Bertz CT molecular complexity index is 755. The van der Waals surface area contributed by atoms with E-state index in [-0.39, 0.29) is 5.91 Å². The van der Waals surface area contributed by atoms with Gasteiger partial charge in [0.05, 0.1) is 23.1 Å². The molecule has 0 radical (unpaired) electrons. The Balaban J connectivity index is 1.91. The van der Waals surface area contributed by atoms with Gasteiger partial charge in [0.2, 0.25) is 0 Å². The highest BCUT2D eigenvalue weighted by Gasteiger charge is 2.11. The molecule has 0 saturated carbocycles. The normalized spacial score (nSPS) is 10.8. The number of hydrogen-bond donors (Lipinski definition) is 3. The number of fused-ring (bicyclic) bond motifs is 1. The minimum Gasteiger partial charge on any atom is -0.397 e. The van der Waals surface area contributed by atoms with Gasteiger partial charge < -0.3 is 16.0 Å². The lowest BCUT2D eigenvalue weighted by atomic mass is 10.2. The SMILES string of the molecule is Cn1cc(NC(=O)c2cc3cccc(N)c3[nH]2)cn1. The maximum atomic E-state index is 12.1. The lowest BCUT2D eigenvalue weighted by molar-refractivity contribution is 0.102. The van der Waals surface area contributed by atoms with E-state index >= 15 is 0 Å². The summed E-state index contributed by atoms with van der Waals surface area (Å²) in [5.74, 6) is -0.219. The molecule has 0 unspecified atom stereocenters. The molecule has 1 amide bonds. The Kier molecular flexibility index (Phi) is 2.49. The third-order valence-corrected chi connectivity index (χ3v) is 2.90. The quantitative estimate of drug-likeness (QED) is 0.609. The van der Waals surface area contributed by atoms with Gasteiger partial charge in [0.15, 0.2) is 0 Å². The number of carbonyl (C=O) groups excluding carboxylic acids is 1. The predicted octanol–water partition coefficient (Wildman–Crippen LogP) is 1.74. The molecule has 19 heavy (non-hydrogen) atoms. The van der Waals surface area contributed by atoms with Crippen LogP contribution in [0.25, 0.3) is 10.9 Å². The summed E-state index contributed by atoms with van der Waals surface area (Å²) in [4.78, 5) is 15.1. The number of hydrogen-bond acceptors (Lipinski definition) is 3. The molecule has 0 aliphatic heterocycles. The fourth-order valence-electron chi connectivity index (χ4n) is 1.99. The second kappa shape index (κ2) is 4.16. The van der Waals surface area contributed by atoms with Crippen LogP contribution in [0.5, 0.6) is 0 Å². The maximum Gasteiger partial charge on any atom is 0.272 e. The summed E-state index contributed by atoms with van der Waals surface area (Å²) in [6.45, 7) is 0. The maximum absolute atomic E-state index is 12.1. The van der Waals surface area contributed by atoms with Gasteiger partial charge in [-0.1, -0.05) is 12.1 Å². The summed E-state index contributed by atoms with van der Waals surface area (Å²) in [5, 5.41) is 7.67. The van der Waals surface area contributed by atoms with Crippen LogP contribution < -0.4 is 11.1 Å². The zero-order valence-corrected chi connectivity index (χ0v) is 10.3. The first-order chi connectivity index (χ1) is 9.13. The lowest BCUT2D eigenvalue weighted by Gasteiger charge is -1.99. The van der Waals surface area contributed by atoms with Gasteiger partial charge in [0.25, 0.3) is 5.91 Å². The minimum atomic E-state index is -0.219. The first kappa shape index (κ1) is 11.3. The van der Waals surface area contributed by atoms with Crippen molar-refractivity contribution in [3.05, 3.63) is 42.4 Å². The van der Waals surface area contributed by atoms with E-state index in [2.05, 4.69) is 15.4 Å². The Labute approximate surface area is 109 Å². The number of nitrogens with two attached hydrogens (primary N) is 1. The van der Waals surface area contributed by atoms with E-state index in [1.807, 2.05) is 12.1 Å². The van der Waals surface area contributed by atoms with Gasteiger partial charge in [-0.15, -0.1) is 0 Å². The number of anilines is 2. The van der Waals surface area contributed by atoms with Crippen LogP contribution in [0.1, 0.15) is 10.5 Å². The standard InChI is InChI=1S/C13H13N5O/c1-18-7-9(6-15-18)16-13(19)11-5-8-3-2-4-10(14)12(8)17-11/h2-7,17H,14H2,1H3,(H,16,19). The molecule has 3 aromatic rings. The third-order valence-electron chi connectivity index (χ3n) is 2.90. The zero-order chi connectivity index (χ0) is 13.4. The first-order valence-electron chi connectivity index (χ1n) is 5.81. The monoisotopic (exact) mass is 255 g/mol. The number of carbonyl (C=O) groups is 1. The largest absolute Gasteiger partial charge is 0.397 e. The summed E-state index contributed by atoms with van der Waals surface area (Å²) in [7, 11) is 1.79. The molecule has 1 aromatic carbocycles. The summed E-state index contributed by atoms with van der Waals surface area (Å²) in [6.07, 6.45) is 3.32. The van der Waals surface area contributed by atoms with Crippen molar-refractivity contribution in [1.82, 2.24) is 14.8 Å². The van der Waals surface area contributed by atoms with Crippen LogP contribution >= 0.6 is 0 Å². The molecule has 96 valence electrons. The number of nitrogen functional groups attached to an aromatic ring is 1. The molecule has 3 rings (SSSR count). The zero-order valence-electron chi connectivity index (χ0n) is 10.3. The number of rotatable bonds is 2. The number of nitrogens with zero attached hydrogens (tertiary/aromatic N) is 2. The van der Waals surface area contributed by atoms with E-state index in [0.29, 0.717) is 17.1 Å². The van der Waals surface area contributed by atoms with Gasteiger partial charge >= 0.3 is 0 Å². The van der Waals surface area contributed by atoms with Gasteiger partial charge in [-0.05, 0) is 12.1 Å². The number of amides is 1. The third kappa shape index (κ3) is 2.03. The summed E-state index contributed by atoms with van der Waals surface area (Å²) in [6, 6.07) is 7.33. The molecule has 0 aliphatic carbocycles. The molecular formula is C13H13N5O. The molecule has 0 bridgehead atoms. The predicted molar refractivity (Wildman–Crippen MR) is 73.9 cm³/mol. The van der Waals surface area contributed by atoms with Crippen LogP contribution in [0.3, 0.4) is 0 Å². The van der Waals surface area contributed by atoms with Crippen molar-refractivity contribution in [3.8, 4) is 0 Å². The number of benzene rings is 1. The van der Waals surface area contributed by atoms with Crippen LogP contribution in [0, 0.1) is 0 Å². The van der Waals surface area contributed by atoms with Crippen LogP contribution in [-0.2, 0) is 7.05 Å². The van der Waals surface area contributed by atoms with Crippen molar-refractivity contribution in [3.63, 3.8) is 0 Å². The molecule has 0 fully saturated rings. The van der Waals surface area contributed by atoms with Crippen LogP contribution in [0.15, 0.2) is 36.7 Å². The van der Waals surface area contributed by atoms with Crippen LogP contribution in [0.4, 0.5) is 11.4 Å². The van der Waals surface area contributed by atoms with Gasteiger partial charge in [-0.2, -0.15) is 5.10 Å². The highest BCUT2D eigenvalue weighted by atomic mass is 16.1. The summed E-state index contributed by atoms with van der Waals surface area (Å²) in [5.41, 5.74) is 8.37. The van der Waals surface area contributed by atoms with E-state index < -0.39 is 0 Å². The average Bonchev–Trinajstić information content (AvgIpc) is 2.96. The van der Waals surface area contributed by atoms with Gasteiger partial charge in [-0.25, -0.2) is 0 Å². The van der Waals surface area contributed by atoms with Crippen molar-refractivity contribution >= 4 is 28.2 Å². The molecule has 6 heteroatoms. The van der Waals surface area contributed by atoms with Gasteiger partial charge in [-0.3, -0.25) is 9.48 Å².